The molecular weight excluding hydrogens is 670 g/mol. The van der Waals surface area contributed by atoms with Crippen LogP contribution in [0.5, 0.6) is 11.5 Å². The number of carboxylic acid groups (broad SMARTS) is 1. The molecule has 0 saturated carbocycles. The number of alkyl halides is 3. The van der Waals surface area contributed by atoms with Gasteiger partial charge in [-0.25, -0.2) is 9.18 Å². The molecule has 3 aromatic carbocycles. The van der Waals surface area contributed by atoms with Crippen LogP contribution in [0.4, 0.5) is 40.3 Å². The van der Waals surface area contributed by atoms with Gasteiger partial charge in [-0.2, -0.15) is 13.2 Å². The second-order valence-corrected chi connectivity index (χ2v) is 11.5. The summed E-state index contributed by atoms with van der Waals surface area (Å²) in [5.74, 6) is -4.17. The second-order valence-electron chi connectivity index (χ2n) is 11.5. The molecule has 0 unspecified atom stereocenters. The number of hydrogen-bond acceptors (Lipinski definition) is 9. The third-order valence-electron chi connectivity index (χ3n) is 8.01. The smallest absolute Gasteiger partial charge is 0.490 e. The van der Waals surface area contributed by atoms with Gasteiger partial charge < -0.3 is 35.0 Å². The van der Waals surface area contributed by atoms with Gasteiger partial charge in [0.2, 0.25) is 0 Å². The molecule has 13 nitrogen and oxygen atoms in total. The van der Waals surface area contributed by atoms with Crippen molar-refractivity contribution in [2.45, 2.75) is 38.0 Å². The van der Waals surface area contributed by atoms with Gasteiger partial charge in [-0.1, -0.05) is 0 Å². The molecule has 2 aliphatic heterocycles. The Morgan fingerprint density at radius 3 is 2.10 bits per heavy atom. The maximum absolute atomic E-state index is 14.3. The summed E-state index contributed by atoms with van der Waals surface area (Å²) < 4.78 is 57.5. The number of amides is 2. The van der Waals surface area contributed by atoms with Crippen molar-refractivity contribution in [1.82, 2.24) is 4.90 Å². The zero-order chi connectivity index (χ0) is 36.6. The number of carbonyl (C=O) groups excluding carboxylic acids is 2. The van der Waals surface area contributed by atoms with Crippen LogP contribution in [0.2, 0.25) is 0 Å². The van der Waals surface area contributed by atoms with E-state index in [9.17, 15) is 37.3 Å². The Bertz CT molecular complexity index is 1720. The van der Waals surface area contributed by atoms with Crippen molar-refractivity contribution in [1.29, 1.82) is 0 Å². The zero-order valence-corrected chi connectivity index (χ0v) is 27.1. The number of nitro groups is 1. The SMILES string of the molecule is COc1ccc(NC(=O)c2cc(F)ccc2NC(=O)c2ccc(N3CCCC3)cc2OC2CCN(C)CC2)c([N+](=O)[O-])c1.O=C(O)C(F)(F)F. The van der Waals surface area contributed by atoms with Crippen LogP contribution in [0.25, 0.3) is 0 Å². The lowest BCUT2D eigenvalue weighted by molar-refractivity contribution is -0.384. The quantitative estimate of drug-likeness (QED) is 0.138. The number of methoxy groups -OCH3 is 1. The number of nitrogens with zero attached hydrogens (tertiary/aromatic N) is 3. The highest BCUT2D eigenvalue weighted by Crippen LogP contribution is 2.33. The molecule has 2 aliphatic rings. The minimum Gasteiger partial charge on any atom is -0.496 e. The van der Waals surface area contributed by atoms with E-state index < -0.39 is 40.4 Å². The lowest BCUT2D eigenvalue weighted by Crippen LogP contribution is -2.36. The maximum atomic E-state index is 14.3. The number of ether oxygens (including phenoxy) is 2. The summed E-state index contributed by atoms with van der Waals surface area (Å²) >= 11 is 0. The fraction of sp³-hybridized carbons (Fsp3) is 0.364. The molecule has 2 fully saturated rings. The summed E-state index contributed by atoms with van der Waals surface area (Å²) in [6, 6.07) is 12.8. The van der Waals surface area contributed by atoms with Gasteiger partial charge in [-0.3, -0.25) is 19.7 Å². The number of carbonyl (C=O) groups is 3. The summed E-state index contributed by atoms with van der Waals surface area (Å²) in [7, 11) is 3.43. The fourth-order valence-electron chi connectivity index (χ4n) is 5.34. The van der Waals surface area contributed by atoms with Gasteiger partial charge >= 0.3 is 12.1 Å². The van der Waals surface area contributed by atoms with Gasteiger partial charge in [-0.15, -0.1) is 0 Å². The van der Waals surface area contributed by atoms with E-state index in [0.717, 1.165) is 69.7 Å². The average molecular weight is 706 g/mol. The standard InChI is InChI=1S/C31H34FN5O6.C2HF3O2/c1-35-15-11-22(12-16-35)43-29-18-21(36-13-3-4-14-36)6-8-24(29)30(38)33-26-9-5-20(32)17-25(26)31(39)34-27-10-7-23(42-2)19-28(27)37(40)41;3-2(4,5)1(6)7/h5-10,17-19,22H,3-4,11-16H2,1-2H3,(H,33,38)(H,34,39);(H,6,7). The zero-order valence-electron chi connectivity index (χ0n) is 27.1. The van der Waals surface area contributed by atoms with Crippen LogP contribution in [0.15, 0.2) is 54.6 Å². The van der Waals surface area contributed by atoms with Crippen LogP contribution in [-0.2, 0) is 4.79 Å². The third kappa shape index (κ3) is 9.81. The molecule has 17 heteroatoms. The topological polar surface area (TPSA) is 164 Å². The van der Waals surface area contributed by atoms with Gasteiger partial charge in [0.25, 0.3) is 17.5 Å². The van der Waals surface area contributed by atoms with E-state index in [4.69, 9.17) is 19.4 Å². The van der Waals surface area contributed by atoms with Crippen molar-refractivity contribution in [3.05, 3.63) is 81.7 Å². The van der Waals surface area contributed by atoms with E-state index in [1.807, 2.05) is 12.1 Å². The Hall–Kier alpha value is -5.45. The van der Waals surface area contributed by atoms with Gasteiger partial charge in [-0.05, 0) is 75.2 Å². The van der Waals surface area contributed by atoms with E-state index in [2.05, 4.69) is 27.5 Å². The first-order valence-corrected chi connectivity index (χ1v) is 15.4. The number of rotatable bonds is 9. The molecule has 3 N–H and O–H groups in total. The highest BCUT2D eigenvalue weighted by molar-refractivity contribution is 6.13. The summed E-state index contributed by atoms with van der Waals surface area (Å²) in [5, 5.41) is 23.9. The molecule has 2 heterocycles. The molecule has 0 radical (unpaired) electrons. The Morgan fingerprint density at radius 1 is 0.900 bits per heavy atom. The number of nitro benzene ring substituents is 1. The van der Waals surface area contributed by atoms with Crippen molar-refractivity contribution >= 4 is 40.5 Å². The predicted molar refractivity (Wildman–Crippen MR) is 175 cm³/mol. The van der Waals surface area contributed by atoms with Crippen molar-refractivity contribution in [2.24, 2.45) is 0 Å². The minimum absolute atomic E-state index is 0.0360. The van der Waals surface area contributed by atoms with Crippen molar-refractivity contribution in [3.63, 3.8) is 0 Å². The first kappa shape index (κ1) is 37.4. The largest absolute Gasteiger partial charge is 0.496 e. The van der Waals surface area contributed by atoms with E-state index in [1.54, 1.807) is 6.07 Å². The third-order valence-corrected chi connectivity index (χ3v) is 8.01. The Balaban J connectivity index is 0.000000727. The summed E-state index contributed by atoms with van der Waals surface area (Å²) in [4.78, 5) is 51.2. The highest BCUT2D eigenvalue weighted by Gasteiger charge is 2.38. The number of carboxylic acids is 1. The number of likely N-dealkylation sites (tertiary alicyclic amines) is 1. The Morgan fingerprint density at radius 2 is 1.50 bits per heavy atom. The number of halogens is 4. The number of benzene rings is 3. The molecule has 3 aromatic rings. The molecule has 0 atom stereocenters. The number of anilines is 3. The second kappa shape index (κ2) is 16.3. The monoisotopic (exact) mass is 705 g/mol. The van der Waals surface area contributed by atoms with Crippen molar-refractivity contribution < 1.29 is 51.4 Å². The Kier molecular flexibility index (Phi) is 12.2. The van der Waals surface area contributed by atoms with Gasteiger partial charge in [0, 0.05) is 37.9 Å². The van der Waals surface area contributed by atoms with Crippen LogP contribution in [0.1, 0.15) is 46.4 Å². The molecule has 5 rings (SSSR count). The van der Waals surface area contributed by atoms with Crippen molar-refractivity contribution in [2.75, 3.05) is 55.9 Å². The van der Waals surface area contributed by atoms with E-state index in [0.29, 0.717) is 5.75 Å². The molecule has 0 aliphatic carbocycles. The van der Waals surface area contributed by atoms with E-state index >= 15 is 0 Å². The lowest BCUT2D eigenvalue weighted by atomic mass is 10.1. The highest BCUT2D eigenvalue weighted by atomic mass is 19.4. The van der Waals surface area contributed by atoms with Crippen LogP contribution >= 0.6 is 0 Å². The normalized spacial score (nSPS) is 15.0. The molecule has 50 heavy (non-hydrogen) atoms. The van der Waals surface area contributed by atoms with Gasteiger partial charge in [0.15, 0.2) is 0 Å². The van der Waals surface area contributed by atoms with E-state index in [1.165, 1.54) is 31.4 Å². The minimum atomic E-state index is -5.08. The first-order chi connectivity index (χ1) is 23.7. The molecule has 268 valence electrons. The number of hydrogen-bond donors (Lipinski definition) is 3. The average Bonchev–Trinajstić information content (AvgIpc) is 3.62. The molecule has 2 amide bonds. The van der Waals surface area contributed by atoms with Crippen LogP contribution in [-0.4, -0.2) is 85.3 Å². The van der Waals surface area contributed by atoms with E-state index in [-0.39, 0.29) is 34.4 Å². The molecular formula is C33H35F4N5O8. The molecule has 0 spiro atoms. The fourth-order valence-corrected chi connectivity index (χ4v) is 5.34. The summed E-state index contributed by atoms with van der Waals surface area (Å²) in [5.41, 5.74) is 0.578. The predicted octanol–water partition coefficient (Wildman–Crippen LogP) is 5.95. The molecule has 0 bridgehead atoms. The van der Waals surface area contributed by atoms with Crippen LogP contribution in [0.3, 0.4) is 0 Å². The summed E-state index contributed by atoms with van der Waals surface area (Å²) in [6.45, 7) is 3.63. The maximum Gasteiger partial charge on any atom is 0.490 e. The van der Waals surface area contributed by atoms with Crippen molar-refractivity contribution in [3.8, 4) is 11.5 Å². The first-order valence-electron chi connectivity index (χ1n) is 15.4. The van der Waals surface area contributed by atoms with Crippen LogP contribution in [0, 0.1) is 15.9 Å². The Labute approximate surface area is 283 Å². The number of nitrogens with one attached hydrogen (secondary N) is 2. The lowest BCUT2D eigenvalue weighted by Gasteiger charge is -2.30. The molecule has 2 saturated heterocycles. The van der Waals surface area contributed by atoms with Gasteiger partial charge in [0.1, 0.15) is 29.1 Å². The summed E-state index contributed by atoms with van der Waals surface area (Å²) in [6.07, 6.45) is -1.29. The number of aliphatic carboxylic acids is 1. The number of piperidine rings is 1. The molecule has 0 aromatic heterocycles. The van der Waals surface area contributed by atoms with Crippen LogP contribution < -0.4 is 25.0 Å². The van der Waals surface area contributed by atoms with Gasteiger partial charge in [0.05, 0.1) is 34.9 Å².